The minimum Gasteiger partial charge on any atom is -0.504 e. The maximum absolute atomic E-state index is 12.3. The zero-order chi connectivity index (χ0) is 28.6. The monoisotopic (exact) mass is 546 g/mol. The highest BCUT2D eigenvalue weighted by Crippen LogP contribution is 2.47. The lowest BCUT2D eigenvalue weighted by Gasteiger charge is -2.16. The van der Waals surface area contributed by atoms with Gasteiger partial charge in [-0.15, -0.1) is 0 Å². The molecule has 0 saturated heterocycles. The Kier molecular flexibility index (Phi) is 7.00. The Balaban J connectivity index is 1.41. The summed E-state index contributed by atoms with van der Waals surface area (Å²) in [6.45, 7) is 2.72. The molecule has 0 atom stereocenters. The summed E-state index contributed by atoms with van der Waals surface area (Å²) in [6.07, 6.45) is 2.84. The molecule has 0 radical (unpaired) electrons. The Labute approximate surface area is 228 Å². The number of ketones is 2. The van der Waals surface area contributed by atoms with Crippen LogP contribution in [0.25, 0.3) is 21.9 Å². The van der Waals surface area contributed by atoms with Crippen molar-refractivity contribution in [3.63, 3.8) is 0 Å². The van der Waals surface area contributed by atoms with Gasteiger partial charge in [0.05, 0.1) is 37.5 Å². The SMILES string of the molecule is COc1c(C(C)=O)c(O)c(OCc2cccc(COc3c(O)c(C(C)=O)c(OC)c4ccoc34)c2)c2occc12. The fourth-order valence-corrected chi connectivity index (χ4v) is 4.72. The molecule has 2 heterocycles. The number of ether oxygens (including phenoxy) is 4. The van der Waals surface area contributed by atoms with Gasteiger partial charge in [0, 0.05) is 0 Å². The molecule has 206 valence electrons. The third-order valence-corrected chi connectivity index (χ3v) is 6.46. The van der Waals surface area contributed by atoms with Crippen LogP contribution in [0.3, 0.4) is 0 Å². The van der Waals surface area contributed by atoms with Crippen LogP contribution in [-0.4, -0.2) is 36.0 Å². The summed E-state index contributed by atoms with van der Waals surface area (Å²) in [5, 5.41) is 22.7. The van der Waals surface area contributed by atoms with Gasteiger partial charge in [0.2, 0.25) is 11.5 Å². The number of aromatic hydroxyl groups is 2. The normalized spacial score (nSPS) is 11.1. The van der Waals surface area contributed by atoms with E-state index in [0.29, 0.717) is 10.8 Å². The number of furan rings is 2. The molecule has 0 unspecified atom stereocenters. The second kappa shape index (κ2) is 10.6. The molecule has 0 aliphatic heterocycles. The van der Waals surface area contributed by atoms with Gasteiger partial charge < -0.3 is 38.0 Å². The Hall–Kier alpha value is -5.12. The minimum atomic E-state index is -0.387. The van der Waals surface area contributed by atoms with Gasteiger partial charge in [-0.1, -0.05) is 18.2 Å². The number of Topliss-reactive ketones (excluding diaryl/α,β-unsaturated/α-hetero) is 2. The highest BCUT2D eigenvalue weighted by Gasteiger charge is 2.27. The summed E-state index contributed by atoms with van der Waals surface area (Å²) in [5.74, 6) is -1.06. The molecule has 2 N–H and O–H groups in total. The molecule has 3 aromatic carbocycles. The quantitative estimate of drug-likeness (QED) is 0.196. The average Bonchev–Trinajstić information content (AvgIpc) is 3.61. The van der Waals surface area contributed by atoms with Crippen LogP contribution in [0, 0.1) is 0 Å². The fraction of sp³-hybridized carbons (Fsp3) is 0.200. The lowest BCUT2D eigenvalue weighted by molar-refractivity contribution is 0.0998. The molecule has 5 rings (SSSR count). The van der Waals surface area contributed by atoms with Crippen molar-refractivity contribution in [1.29, 1.82) is 0 Å². The summed E-state index contributed by atoms with van der Waals surface area (Å²) in [7, 11) is 2.82. The van der Waals surface area contributed by atoms with Crippen molar-refractivity contribution in [3.05, 3.63) is 71.2 Å². The first-order valence-electron chi connectivity index (χ1n) is 12.2. The summed E-state index contributed by atoms with van der Waals surface area (Å²) in [4.78, 5) is 24.5. The van der Waals surface area contributed by atoms with Gasteiger partial charge in [0.25, 0.3) is 0 Å². The molecule has 0 aliphatic carbocycles. The number of hydrogen-bond acceptors (Lipinski definition) is 10. The lowest BCUT2D eigenvalue weighted by atomic mass is 10.0. The number of methoxy groups -OCH3 is 2. The summed E-state index contributed by atoms with van der Waals surface area (Å²) >= 11 is 0. The fourth-order valence-electron chi connectivity index (χ4n) is 4.72. The van der Waals surface area contributed by atoms with Crippen molar-refractivity contribution in [3.8, 4) is 34.5 Å². The summed E-state index contributed by atoms with van der Waals surface area (Å²) in [5.41, 5.74) is 1.96. The first-order chi connectivity index (χ1) is 19.3. The van der Waals surface area contributed by atoms with Crippen LogP contribution in [0.4, 0.5) is 0 Å². The van der Waals surface area contributed by atoms with E-state index in [9.17, 15) is 19.8 Å². The molecule has 2 aromatic heterocycles. The van der Waals surface area contributed by atoms with Crippen LogP contribution in [-0.2, 0) is 13.2 Å². The molecule has 5 aromatic rings. The average molecular weight is 547 g/mol. The number of carbonyl (C=O) groups excluding carboxylic acids is 2. The van der Waals surface area contributed by atoms with Gasteiger partial charge >= 0.3 is 0 Å². The zero-order valence-electron chi connectivity index (χ0n) is 22.2. The topological polar surface area (TPSA) is 138 Å². The van der Waals surface area contributed by atoms with E-state index < -0.39 is 0 Å². The molecular weight excluding hydrogens is 520 g/mol. The molecule has 40 heavy (non-hydrogen) atoms. The van der Waals surface area contributed by atoms with E-state index in [0.717, 1.165) is 11.1 Å². The van der Waals surface area contributed by atoms with Gasteiger partial charge in [-0.05, 0) is 43.2 Å². The Bertz CT molecular complexity index is 1630. The smallest absolute Gasteiger partial charge is 0.206 e. The Morgan fingerprint density at radius 2 is 1.12 bits per heavy atom. The second-order valence-corrected chi connectivity index (χ2v) is 9.01. The van der Waals surface area contributed by atoms with Crippen LogP contribution in [0.5, 0.6) is 34.5 Å². The predicted molar refractivity (Wildman–Crippen MR) is 144 cm³/mol. The predicted octanol–water partition coefficient (Wildman–Crippen LogP) is 6.17. The third-order valence-electron chi connectivity index (χ3n) is 6.46. The zero-order valence-corrected chi connectivity index (χ0v) is 22.2. The molecule has 0 bridgehead atoms. The highest BCUT2D eigenvalue weighted by atomic mass is 16.5. The van der Waals surface area contributed by atoms with Crippen molar-refractivity contribution in [2.24, 2.45) is 0 Å². The van der Waals surface area contributed by atoms with E-state index in [1.54, 1.807) is 18.2 Å². The third kappa shape index (κ3) is 4.43. The highest BCUT2D eigenvalue weighted by molar-refractivity contribution is 6.09. The summed E-state index contributed by atoms with van der Waals surface area (Å²) < 4.78 is 33.6. The van der Waals surface area contributed by atoms with Crippen molar-refractivity contribution in [2.75, 3.05) is 14.2 Å². The first kappa shape index (κ1) is 26.5. The number of fused-ring (bicyclic) bond motifs is 2. The largest absolute Gasteiger partial charge is 0.504 e. The van der Waals surface area contributed by atoms with Gasteiger partial charge in [-0.2, -0.15) is 0 Å². The number of benzene rings is 3. The van der Waals surface area contributed by atoms with Crippen LogP contribution in [0.2, 0.25) is 0 Å². The summed E-state index contributed by atoms with van der Waals surface area (Å²) in [6, 6.07) is 10.5. The van der Waals surface area contributed by atoms with Gasteiger partial charge in [0.15, 0.2) is 34.2 Å². The lowest BCUT2D eigenvalue weighted by Crippen LogP contribution is -2.04. The first-order valence-corrected chi connectivity index (χ1v) is 12.2. The maximum Gasteiger partial charge on any atom is 0.206 e. The molecule has 0 saturated carbocycles. The van der Waals surface area contributed by atoms with E-state index in [4.69, 9.17) is 27.8 Å². The molecule has 0 aliphatic rings. The van der Waals surface area contributed by atoms with Crippen molar-refractivity contribution >= 4 is 33.5 Å². The van der Waals surface area contributed by atoms with Crippen LogP contribution >= 0.6 is 0 Å². The molecule has 0 amide bonds. The van der Waals surface area contributed by atoms with Crippen LogP contribution in [0.15, 0.2) is 57.8 Å². The van der Waals surface area contributed by atoms with Crippen LogP contribution < -0.4 is 18.9 Å². The molecule has 10 nitrogen and oxygen atoms in total. The van der Waals surface area contributed by atoms with E-state index in [-0.39, 0.29) is 81.6 Å². The van der Waals surface area contributed by atoms with Crippen molar-refractivity contribution in [1.82, 2.24) is 0 Å². The maximum atomic E-state index is 12.3. The number of carbonyl (C=O) groups is 2. The molecule has 0 spiro atoms. The van der Waals surface area contributed by atoms with E-state index in [1.807, 2.05) is 18.2 Å². The number of rotatable bonds is 10. The van der Waals surface area contributed by atoms with E-state index in [1.165, 1.54) is 40.6 Å². The molecule has 0 fully saturated rings. The second-order valence-electron chi connectivity index (χ2n) is 9.01. The van der Waals surface area contributed by atoms with Gasteiger partial charge in [-0.3, -0.25) is 9.59 Å². The van der Waals surface area contributed by atoms with Crippen LogP contribution in [0.1, 0.15) is 45.7 Å². The van der Waals surface area contributed by atoms with E-state index in [2.05, 4.69) is 0 Å². The van der Waals surface area contributed by atoms with Gasteiger partial charge in [-0.25, -0.2) is 0 Å². The number of phenols is 2. The standard InChI is InChI=1S/C30H26O10/c1-15(31)21-23(33)29(27-19(8-10-37-27)25(21)35-3)39-13-17-6-5-7-18(12-17)14-40-30-24(34)22(16(2)32)26(36-4)20-9-11-38-28(20)30/h5-12,33-34H,13-14H2,1-4H3. The minimum absolute atomic E-state index is 0.00187. The van der Waals surface area contributed by atoms with Gasteiger partial charge in [0.1, 0.15) is 35.8 Å². The molecular formula is C30H26O10. The van der Waals surface area contributed by atoms with Crippen molar-refractivity contribution < 1.29 is 47.6 Å². The molecule has 10 heteroatoms. The van der Waals surface area contributed by atoms with E-state index >= 15 is 0 Å². The Morgan fingerprint density at radius 3 is 1.50 bits per heavy atom. The number of phenolic OH excluding ortho intramolecular Hbond substituents is 2. The Morgan fingerprint density at radius 1 is 0.700 bits per heavy atom. The van der Waals surface area contributed by atoms with Crippen molar-refractivity contribution in [2.45, 2.75) is 27.1 Å². The number of hydrogen-bond donors (Lipinski definition) is 2.